The zero-order chi connectivity index (χ0) is 17.5. The van der Waals surface area contributed by atoms with E-state index < -0.39 is 0 Å². The Balaban J connectivity index is 2.31. The average Bonchev–Trinajstić information content (AvgIpc) is 2.65. The highest BCUT2D eigenvalue weighted by Crippen LogP contribution is 2.40. The lowest BCUT2D eigenvalue weighted by Gasteiger charge is -2.19. The summed E-state index contributed by atoms with van der Waals surface area (Å²) in [6, 6.07) is 11.9. The summed E-state index contributed by atoms with van der Waals surface area (Å²) in [5.41, 5.74) is 8.28. The summed E-state index contributed by atoms with van der Waals surface area (Å²) in [6.07, 6.45) is 0.819. The monoisotopic (exact) mass is 331 g/mol. The second-order valence-electron chi connectivity index (χ2n) is 5.44. The number of rotatable bonds is 8. The van der Waals surface area contributed by atoms with Crippen LogP contribution in [0.1, 0.15) is 17.0 Å². The van der Waals surface area contributed by atoms with Crippen LogP contribution in [0.15, 0.2) is 36.4 Å². The fourth-order valence-electron chi connectivity index (χ4n) is 2.72. The molecule has 2 aromatic carbocycles. The Hall–Kier alpha value is -2.40. The van der Waals surface area contributed by atoms with Crippen molar-refractivity contribution in [3.8, 4) is 23.0 Å². The molecule has 0 amide bonds. The van der Waals surface area contributed by atoms with Crippen molar-refractivity contribution in [2.45, 2.75) is 12.3 Å². The lowest BCUT2D eigenvalue weighted by atomic mass is 9.91. The van der Waals surface area contributed by atoms with Gasteiger partial charge in [-0.05, 0) is 48.4 Å². The standard InChI is InChI=1S/C19H25NO4/c1-21-16-7-5-13(6-8-16)9-15(12-20)14-10-17(22-2)19(24-4)18(11-14)23-3/h5-8,10-11,15H,9,12,20H2,1-4H3. The Labute approximate surface area is 143 Å². The lowest BCUT2D eigenvalue weighted by Crippen LogP contribution is -2.15. The molecule has 5 nitrogen and oxygen atoms in total. The second kappa shape index (κ2) is 8.45. The molecule has 24 heavy (non-hydrogen) atoms. The van der Waals surface area contributed by atoms with Gasteiger partial charge in [-0.15, -0.1) is 0 Å². The van der Waals surface area contributed by atoms with Gasteiger partial charge in [-0.1, -0.05) is 12.1 Å². The van der Waals surface area contributed by atoms with Crippen LogP contribution in [0.2, 0.25) is 0 Å². The Morgan fingerprint density at radius 1 is 0.833 bits per heavy atom. The summed E-state index contributed by atoms with van der Waals surface area (Å²) in [4.78, 5) is 0. The molecule has 0 saturated heterocycles. The van der Waals surface area contributed by atoms with Crippen molar-refractivity contribution >= 4 is 0 Å². The number of hydrogen-bond donors (Lipinski definition) is 1. The Morgan fingerprint density at radius 3 is 1.83 bits per heavy atom. The highest BCUT2D eigenvalue weighted by atomic mass is 16.5. The summed E-state index contributed by atoms with van der Waals surface area (Å²) in [7, 11) is 6.48. The number of benzene rings is 2. The van der Waals surface area contributed by atoms with E-state index in [2.05, 4.69) is 12.1 Å². The first-order valence-corrected chi connectivity index (χ1v) is 7.79. The molecular formula is C19H25NO4. The topological polar surface area (TPSA) is 62.9 Å². The van der Waals surface area contributed by atoms with Crippen LogP contribution < -0.4 is 24.7 Å². The molecule has 2 N–H and O–H groups in total. The van der Waals surface area contributed by atoms with E-state index in [9.17, 15) is 0 Å². The fraction of sp³-hybridized carbons (Fsp3) is 0.368. The van der Waals surface area contributed by atoms with Gasteiger partial charge >= 0.3 is 0 Å². The molecule has 0 heterocycles. The third-order valence-corrected chi connectivity index (χ3v) is 4.08. The number of methoxy groups -OCH3 is 4. The molecule has 0 aliphatic carbocycles. The van der Waals surface area contributed by atoms with Gasteiger partial charge in [0.2, 0.25) is 5.75 Å². The molecule has 5 heteroatoms. The van der Waals surface area contributed by atoms with Crippen LogP contribution in [0.4, 0.5) is 0 Å². The van der Waals surface area contributed by atoms with Crippen molar-refractivity contribution in [2.75, 3.05) is 35.0 Å². The van der Waals surface area contributed by atoms with Crippen molar-refractivity contribution in [1.29, 1.82) is 0 Å². The summed E-state index contributed by atoms with van der Waals surface area (Å²) in [5.74, 6) is 2.85. The maximum atomic E-state index is 6.02. The molecular weight excluding hydrogens is 306 g/mol. The predicted octanol–water partition coefficient (Wildman–Crippen LogP) is 3.01. The minimum atomic E-state index is 0.145. The maximum Gasteiger partial charge on any atom is 0.203 e. The molecule has 0 saturated carbocycles. The van der Waals surface area contributed by atoms with Crippen molar-refractivity contribution in [2.24, 2.45) is 5.73 Å². The van der Waals surface area contributed by atoms with Gasteiger partial charge in [0.25, 0.3) is 0 Å². The minimum absolute atomic E-state index is 0.145. The smallest absolute Gasteiger partial charge is 0.203 e. The zero-order valence-electron chi connectivity index (χ0n) is 14.7. The van der Waals surface area contributed by atoms with E-state index in [1.807, 2.05) is 24.3 Å². The van der Waals surface area contributed by atoms with Crippen LogP contribution >= 0.6 is 0 Å². The quantitative estimate of drug-likeness (QED) is 0.805. The molecule has 130 valence electrons. The Kier molecular flexibility index (Phi) is 6.32. The van der Waals surface area contributed by atoms with Crippen molar-refractivity contribution in [3.63, 3.8) is 0 Å². The van der Waals surface area contributed by atoms with E-state index in [0.29, 0.717) is 23.8 Å². The largest absolute Gasteiger partial charge is 0.497 e. The molecule has 0 spiro atoms. The van der Waals surface area contributed by atoms with Crippen LogP contribution in [0.25, 0.3) is 0 Å². The number of ether oxygens (including phenoxy) is 4. The SMILES string of the molecule is COc1ccc(CC(CN)c2cc(OC)c(OC)c(OC)c2)cc1. The molecule has 2 aromatic rings. The van der Waals surface area contributed by atoms with Gasteiger partial charge in [0, 0.05) is 5.92 Å². The molecule has 0 radical (unpaired) electrons. The molecule has 0 bridgehead atoms. The van der Waals surface area contributed by atoms with Crippen LogP contribution in [-0.2, 0) is 6.42 Å². The summed E-state index contributed by atoms with van der Waals surface area (Å²) in [6.45, 7) is 0.519. The maximum absolute atomic E-state index is 6.02. The molecule has 0 aliphatic rings. The summed E-state index contributed by atoms with van der Waals surface area (Å²) in [5, 5.41) is 0. The van der Waals surface area contributed by atoms with E-state index in [1.165, 1.54) is 5.56 Å². The third-order valence-electron chi connectivity index (χ3n) is 4.08. The van der Waals surface area contributed by atoms with Crippen molar-refractivity contribution in [3.05, 3.63) is 47.5 Å². The van der Waals surface area contributed by atoms with Crippen LogP contribution in [0, 0.1) is 0 Å². The van der Waals surface area contributed by atoms with Gasteiger partial charge < -0.3 is 24.7 Å². The zero-order valence-corrected chi connectivity index (χ0v) is 14.7. The number of nitrogens with two attached hydrogens (primary N) is 1. The second-order valence-corrected chi connectivity index (χ2v) is 5.44. The van der Waals surface area contributed by atoms with Gasteiger partial charge in [0.05, 0.1) is 28.4 Å². The molecule has 0 fully saturated rings. The lowest BCUT2D eigenvalue weighted by molar-refractivity contribution is 0.323. The van der Waals surface area contributed by atoms with E-state index in [-0.39, 0.29) is 5.92 Å². The first kappa shape index (κ1) is 17.9. The first-order valence-electron chi connectivity index (χ1n) is 7.79. The van der Waals surface area contributed by atoms with Gasteiger partial charge in [-0.2, -0.15) is 0 Å². The normalized spacial score (nSPS) is 11.7. The Morgan fingerprint density at radius 2 is 1.42 bits per heavy atom. The van der Waals surface area contributed by atoms with Crippen LogP contribution in [0.5, 0.6) is 23.0 Å². The van der Waals surface area contributed by atoms with Gasteiger partial charge in [-0.25, -0.2) is 0 Å². The summed E-state index contributed by atoms with van der Waals surface area (Å²) >= 11 is 0. The fourth-order valence-corrected chi connectivity index (χ4v) is 2.72. The van der Waals surface area contributed by atoms with Gasteiger partial charge in [0.1, 0.15) is 5.75 Å². The first-order chi connectivity index (χ1) is 11.7. The molecule has 0 aromatic heterocycles. The molecule has 2 rings (SSSR count). The van der Waals surface area contributed by atoms with E-state index in [1.54, 1.807) is 28.4 Å². The molecule has 0 aliphatic heterocycles. The van der Waals surface area contributed by atoms with Crippen molar-refractivity contribution in [1.82, 2.24) is 0 Å². The van der Waals surface area contributed by atoms with Crippen LogP contribution in [-0.4, -0.2) is 35.0 Å². The molecule has 1 atom stereocenters. The minimum Gasteiger partial charge on any atom is -0.497 e. The highest BCUT2D eigenvalue weighted by molar-refractivity contribution is 5.54. The van der Waals surface area contributed by atoms with E-state index >= 15 is 0 Å². The van der Waals surface area contributed by atoms with Gasteiger partial charge in [0.15, 0.2) is 11.5 Å². The third kappa shape index (κ3) is 3.92. The van der Waals surface area contributed by atoms with Crippen LogP contribution in [0.3, 0.4) is 0 Å². The van der Waals surface area contributed by atoms with Crippen molar-refractivity contribution < 1.29 is 18.9 Å². The highest BCUT2D eigenvalue weighted by Gasteiger charge is 2.18. The number of hydrogen-bond acceptors (Lipinski definition) is 5. The summed E-state index contributed by atoms with van der Waals surface area (Å²) < 4.78 is 21.4. The van der Waals surface area contributed by atoms with E-state index in [0.717, 1.165) is 17.7 Å². The Bertz CT molecular complexity index is 630. The van der Waals surface area contributed by atoms with Gasteiger partial charge in [-0.3, -0.25) is 0 Å². The average molecular weight is 331 g/mol. The molecule has 1 unspecified atom stereocenters. The predicted molar refractivity (Wildman–Crippen MR) is 94.6 cm³/mol. The van der Waals surface area contributed by atoms with E-state index in [4.69, 9.17) is 24.7 Å².